The van der Waals surface area contributed by atoms with E-state index in [0.29, 0.717) is 21.5 Å². The zero-order chi connectivity index (χ0) is 28.7. The Morgan fingerprint density at radius 1 is 1.26 bits per heavy atom. The quantitative estimate of drug-likeness (QED) is 0.233. The third-order valence-corrected chi connectivity index (χ3v) is 7.31. The summed E-state index contributed by atoms with van der Waals surface area (Å²) in [5, 5.41) is 8.39. The Morgan fingerprint density at radius 2 is 1.95 bits per heavy atom. The van der Waals surface area contributed by atoms with Crippen molar-refractivity contribution in [2.75, 3.05) is 12.9 Å². The number of carbonyl (C=O) groups excluding carboxylic acids is 4. The fraction of sp³-hybridized carbons (Fsp3) is 0.600. The van der Waals surface area contributed by atoms with Crippen molar-refractivity contribution in [2.24, 2.45) is 10.9 Å². The van der Waals surface area contributed by atoms with Gasteiger partial charge in [-0.05, 0) is 33.6 Å². The fourth-order valence-corrected chi connectivity index (χ4v) is 5.11. The lowest BCUT2D eigenvalue weighted by molar-refractivity contribution is -0.151. The molecular weight excluding hydrogens is 532 g/mol. The van der Waals surface area contributed by atoms with Gasteiger partial charge in [-0.15, -0.1) is 23.1 Å². The largest absolute Gasteiger partial charge is 0.467 e. The summed E-state index contributed by atoms with van der Waals surface area (Å²) >= 11 is 2.77. The first-order chi connectivity index (χ1) is 17.7. The van der Waals surface area contributed by atoms with Gasteiger partial charge in [0.25, 0.3) is 0 Å². The molecule has 11 nitrogen and oxygen atoms in total. The fourth-order valence-electron chi connectivity index (χ4n) is 3.20. The van der Waals surface area contributed by atoms with Crippen molar-refractivity contribution in [1.82, 2.24) is 15.6 Å². The van der Waals surface area contributed by atoms with E-state index in [2.05, 4.69) is 27.2 Å². The Labute approximate surface area is 231 Å². The summed E-state index contributed by atoms with van der Waals surface area (Å²) in [4.78, 5) is 58.3. The van der Waals surface area contributed by atoms with Crippen LogP contribution in [0.25, 0.3) is 0 Å². The molecule has 0 aliphatic carbocycles. The van der Waals surface area contributed by atoms with Crippen LogP contribution in [0.2, 0.25) is 0 Å². The molecule has 3 atom stereocenters. The second-order valence-electron chi connectivity index (χ2n) is 10.2. The minimum atomic E-state index is -0.957. The van der Waals surface area contributed by atoms with E-state index in [9.17, 15) is 19.2 Å². The molecule has 2 amide bonds. The predicted molar refractivity (Wildman–Crippen MR) is 146 cm³/mol. The van der Waals surface area contributed by atoms with Crippen LogP contribution in [0.1, 0.15) is 58.7 Å². The number of aromatic nitrogens is 1. The van der Waals surface area contributed by atoms with E-state index in [1.807, 2.05) is 5.38 Å². The molecule has 1 aromatic rings. The molecule has 2 unspecified atom stereocenters. The number of nitrogens with one attached hydrogen (secondary N) is 2. The molecule has 0 saturated carbocycles. The first-order valence-corrected chi connectivity index (χ1v) is 13.9. The maximum absolute atomic E-state index is 12.7. The van der Waals surface area contributed by atoms with Crippen LogP contribution >= 0.6 is 23.1 Å². The molecule has 0 spiro atoms. The van der Waals surface area contributed by atoms with Gasteiger partial charge < -0.3 is 24.8 Å². The van der Waals surface area contributed by atoms with E-state index in [1.165, 1.54) is 36.3 Å². The van der Waals surface area contributed by atoms with Crippen molar-refractivity contribution in [2.45, 2.75) is 77.8 Å². The van der Waals surface area contributed by atoms with Crippen LogP contribution in [0.4, 0.5) is 4.79 Å². The van der Waals surface area contributed by atoms with Crippen LogP contribution in [-0.2, 0) is 35.1 Å². The number of methoxy groups -OCH3 is 1. The van der Waals surface area contributed by atoms with Gasteiger partial charge in [-0.25, -0.2) is 19.4 Å². The highest BCUT2D eigenvalue weighted by Crippen LogP contribution is 2.32. The number of amides is 2. The number of thioether (sulfide) groups is 1. The Bertz CT molecular complexity index is 1080. The molecule has 2 heterocycles. The Kier molecular flexibility index (Phi) is 10.9. The molecule has 0 saturated heterocycles. The number of hydrogen-bond acceptors (Lipinski definition) is 11. The summed E-state index contributed by atoms with van der Waals surface area (Å²) < 4.78 is 15.5. The van der Waals surface area contributed by atoms with Gasteiger partial charge in [0.1, 0.15) is 33.5 Å². The van der Waals surface area contributed by atoms with Crippen LogP contribution < -0.4 is 10.6 Å². The number of ether oxygens (including phenoxy) is 3. The molecule has 1 aliphatic heterocycles. The maximum Gasteiger partial charge on any atom is 0.408 e. The maximum atomic E-state index is 12.7. The Morgan fingerprint density at radius 3 is 2.53 bits per heavy atom. The molecule has 0 bridgehead atoms. The van der Waals surface area contributed by atoms with E-state index in [-0.39, 0.29) is 24.8 Å². The zero-order valence-corrected chi connectivity index (χ0v) is 24.4. The number of rotatable bonds is 11. The number of aliphatic imine (C=N–C) groups is 1. The minimum absolute atomic E-state index is 0.148. The van der Waals surface area contributed by atoms with Crippen molar-refractivity contribution in [1.29, 1.82) is 0 Å². The third kappa shape index (κ3) is 9.12. The normalized spacial score (nSPS) is 18.7. The van der Waals surface area contributed by atoms with Gasteiger partial charge in [-0.2, -0.15) is 0 Å². The first kappa shape index (κ1) is 31.3. The number of alkyl carbamates (subject to hydrolysis) is 1. The average Bonchev–Trinajstić information content (AvgIpc) is 3.46. The van der Waals surface area contributed by atoms with Crippen molar-refractivity contribution in [3.05, 3.63) is 28.7 Å². The van der Waals surface area contributed by atoms with Crippen LogP contribution in [0, 0.1) is 5.92 Å². The summed E-state index contributed by atoms with van der Waals surface area (Å²) in [5.74, 6) is -1.28. The summed E-state index contributed by atoms with van der Waals surface area (Å²) in [6, 6.07) is -0.957. The van der Waals surface area contributed by atoms with Crippen molar-refractivity contribution >= 4 is 52.1 Å². The minimum Gasteiger partial charge on any atom is -0.467 e. The van der Waals surface area contributed by atoms with Gasteiger partial charge >= 0.3 is 18.0 Å². The molecular formula is C25H36N4O7S2. The van der Waals surface area contributed by atoms with Gasteiger partial charge in [0, 0.05) is 11.1 Å². The van der Waals surface area contributed by atoms with E-state index >= 15 is 0 Å². The van der Waals surface area contributed by atoms with Crippen LogP contribution in [-0.4, -0.2) is 70.1 Å². The molecule has 0 aromatic carbocycles. The number of esters is 2. The molecule has 2 rings (SSSR count). The summed E-state index contributed by atoms with van der Waals surface area (Å²) in [6.45, 7) is 14.2. The topological polar surface area (TPSA) is 145 Å². The predicted octanol–water partition coefficient (Wildman–Crippen LogP) is 3.22. The lowest BCUT2D eigenvalue weighted by atomic mass is 10.0. The van der Waals surface area contributed by atoms with Gasteiger partial charge in [0.2, 0.25) is 5.91 Å². The van der Waals surface area contributed by atoms with E-state index in [1.54, 1.807) is 41.5 Å². The number of thiazole rings is 1. The summed E-state index contributed by atoms with van der Waals surface area (Å²) in [5.41, 5.74) is -1.03. The monoisotopic (exact) mass is 568 g/mol. The van der Waals surface area contributed by atoms with Crippen molar-refractivity contribution in [3.63, 3.8) is 0 Å². The Balaban J connectivity index is 1.90. The van der Waals surface area contributed by atoms with Gasteiger partial charge in [0.05, 0.1) is 20.1 Å². The van der Waals surface area contributed by atoms with Crippen LogP contribution in [0.5, 0.6) is 0 Å². The van der Waals surface area contributed by atoms with Crippen LogP contribution in [0.15, 0.2) is 23.0 Å². The number of carbonyl (C=O) groups is 4. The van der Waals surface area contributed by atoms with Gasteiger partial charge in [0.15, 0.2) is 5.54 Å². The smallest absolute Gasteiger partial charge is 0.408 e. The lowest BCUT2D eigenvalue weighted by Gasteiger charge is -2.25. The van der Waals surface area contributed by atoms with E-state index < -0.39 is 41.3 Å². The standard InChI is InChI=1S/C25H36N4O7S2/c1-9-15(35-21(31)19(14(2)3)28-23(33)36-24(4,5)6)10-17(30)26-11-18-27-16(12-37-18)20-29-25(7,13-38-20)22(32)34-8/h9,12,14-15,19H,1,10-11,13H2,2-8H3,(H,26,30)(H,28,33)/t15?,19-,25?/m0/s1. The van der Waals surface area contributed by atoms with E-state index in [4.69, 9.17) is 14.2 Å². The molecule has 210 valence electrons. The SMILES string of the molecule is C=CC(CC(=O)NCc1nc(C2=NC(C)(C(=O)OC)CS2)cs1)OC(=O)[C@@H](NC(=O)OC(C)(C)C)C(C)C. The molecule has 38 heavy (non-hydrogen) atoms. The molecule has 0 fully saturated rings. The highest BCUT2D eigenvalue weighted by atomic mass is 32.2. The van der Waals surface area contributed by atoms with Gasteiger partial charge in [-0.1, -0.05) is 26.5 Å². The second-order valence-corrected chi connectivity index (χ2v) is 12.1. The molecule has 2 N–H and O–H groups in total. The van der Waals surface area contributed by atoms with Crippen LogP contribution in [0.3, 0.4) is 0 Å². The second kappa shape index (κ2) is 13.2. The zero-order valence-electron chi connectivity index (χ0n) is 22.8. The molecule has 1 aromatic heterocycles. The van der Waals surface area contributed by atoms with E-state index in [0.717, 1.165) is 0 Å². The number of hydrogen-bond donors (Lipinski definition) is 2. The average molecular weight is 569 g/mol. The highest BCUT2D eigenvalue weighted by molar-refractivity contribution is 8.14. The summed E-state index contributed by atoms with van der Waals surface area (Å²) in [7, 11) is 1.33. The molecule has 0 radical (unpaired) electrons. The molecule has 13 heteroatoms. The molecule has 1 aliphatic rings. The number of nitrogens with zero attached hydrogens (tertiary/aromatic N) is 2. The Hall–Kier alpha value is -2.93. The first-order valence-electron chi connectivity index (χ1n) is 12.0. The highest BCUT2D eigenvalue weighted by Gasteiger charge is 2.40. The lowest BCUT2D eigenvalue weighted by Crippen LogP contribution is -2.48. The van der Waals surface area contributed by atoms with Gasteiger partial charge in [-0.3, -0.25) is 9.79 Å². The van der Waals surface area contributed by atoms with Crippen molar-refractivity contribution in [3.8, 4) is 0 Å². The summed E-state index contributed by atoms with van der Waals surface area (Å²) in [6.07, 6.45) is -0.417. The third-order valence-electron chi connectivity index (χ3n) is 5.18. The van der Waals surface area contributed by atoms with Crippen molar-refractivity contribution < 1.29 is 33.4 Å².